The van der Waals surface area contributed by atoms with Crippen molar-refractivity contribution in [2.45, 2.75) is 176 Å². The molecule has 1 aliphatic carbocycles. The smallest absolute Gasteiger partial charge is 0.338 e. The van der Waals surface area contributed by atoms with Gasteiger partial charge in [-0.2, -0.15) is 0 Å². The first-order valence-corrected chi connectivity index (χ1v) is 23.5. The Labute approximate surface area is 383 Å². The molecule has 11 nitrogen and oxygen atoms in total. The molecule has 4 atom stereocenters. The Bertz CT molecular complexity index is 1840. The first kappa shape index (κ1) is 49.6. The Morgan fingerprint density at radius 1 is 0.422 bits per heavy atom. The molecular weight excluding hydrogens is 807 g/mol. The van der Waals surface area contributed by atoms with Crippen molar-refractivity contribution in [2.75, 3.05) is 26.4 Å². The van der Waals surface area contributed by atoms with Crippen LogP contribution in [0.25, 0.3) is 11.1 Å². The van der Waals surface area contributed by atoms with E-state index < -0.39 is 23.9 Å². The van der Waals surface area contributed by atoms with Crippen LogP contribution in [0.2, 0.25) is 0 Å². The van der Waals surface area contributed by atoms with Crippen LogP contribution in [0.3, 0.4) is 0 Å². The fourth-order valence-electron chi connectivity index (χ4n) is 12.3. The van der Waals surface area contributed by atoms with Gasteiger partial charge in [0.1, 0.15) is 0 Å². The molecule has 4 unspecified atom stereocenters. The van der Waals surface area contributed by atoms with Gasteiger partial charge in [-0.3, -0.25) is 0 Å². The number of esters is 4. The van der Waals surface area contributed by atoms with Crippen LogP contribution in [0.15, 0.2) is 36.4 Å². The predicted molar refractivity (Wildman–Crippen MR) is 251 cm³/mol. The van der Waals surface area contributed by atoms with E-state index in [9.17, 15) is 19.2 Å². The van der Waals surface area contributed by atoms with Crippen LogP contribution < -0.4 is 16.0 Å². The van der Waals surface area contributed by atoms with E-state index in [1.54, 1.807) is 24.3 Å². The maximum atomic E-state index is 14.1. The third-order valence-corrected chi connectivity index (χ3v) is 15.0. The first-order valence-electron chi connectivity index (χ1n) is 23.5. The zero-order valence-corrected chi connectivity index (χ0v) is 41.9. The average Bonchev–Trinajstić information content (AvgIpc) is 3.70. The minimum Gasteiger partial charge on any atom is -0.462 e. The van der Waals surface area contributed by atoms with Crippen molar-refractivity contribution in [1.29, 1.82) is 0 Å². The van der Waals surface area contributed by atoms with Crippen LogP contribution in [0.1, 0.15) is 184 Å². The largest absolute Gasteiger partial charge is 0.462 e. The molecule has 6 rings (SSSR count). The summed E-state index contributed by atoms with van der Waals surface area (Å²) in [5.74, 6) is -2.00. The SMILES string of the molecule is CC1(C)CC(COC(=O)c2cc(C(=O)OCC3CC(C)(C)NC3(C)C)cc(-c3cc(C(=O)OCC4CC(C)(C)NC4(C)C)cc(C(=O)OCC4CC(C)(C)NC4(C)C)c3)c2)C(C)(C)C1. The second-order valence-corrected chi connectivity index (χ2v) is 25.1. The highest BCUT2D eigenvalue weighted by molar-refractivity contribution is 6.00. The molecule has 4 fully saturated rings. The summed E-state index contributed by atoms with van der Waals surface area (Å²) >= 11 is 0. The van der Waals surface area contributed by atoms with Crippen molar-refractivity contribution in [3.05, 3.63) is 58.7 Å². The van der Waals surface area contributed by atoms with E-state index in [4.69, 9.17) is 18.9 Å². The van der Waals surface area contributed by atoms with Crippen LogP contribution in [0.4, 0.5) is 0 Å². The number of rotatable bonds is 13. The van der Waals surface area contributed by atoms with E-state index >= 15 is 0 Å². The van der Waals surface area contributed by atoms with E-state index in [0.717, 1.165) is 32.1 Å². The lowest BCUT2D eigenvalue weighted by molar-refractivity contribution is 0.0350. The molecule has 0 aromatic heterocycles. The van der Waals surface area contributed by atoms with E-state index in [-0.39, 0.29) is 116 Å². The number of carbonyl (C=O) groups excluding carboxylic acids is 4. The van der Waals surface area contributed by atoms with Gasteiger partial charge in [-0.15, -0.1) is 0 Å². The highest BCUT2D eigenvalue weighted by atomic mass is 16.5. The summed E-state index contributed by atoms with van der Waals surface area (Å²) in [4.78, 5) is 56.3. The predicted octanol–water partition coefficient (Wildman–Crippen LogP) is 9.94. The average molecular weight is 886 g/mol. The maximum Gasteiger partial charge on any atom is 0.338 e. The van der Waals surface area contributed by atoms with Crippen molar-refractivity contribution < 1.29 is 38.1 Å². The molecule has 354 valence electrons. The molecule has 0 spiro atoms. The third kappa shape index (κ3) is 11.6. The quantitative estimate of drug-likeness (QED) is 0.131. The number of benzene rings is 2. The summed E-state index contributed by atoms with van der Waals surface area (Å²) in [6.45, 7) is 35.2. The fourth-order valence-corrected chi connectivity index (χ4v) is 12.3. The molecular formula is C53H79N3O8. The van der Waals surface area contributed by atoms with Crippen molar-refractivity contribution >= 4 is 23.9 Å². The summed E-state index contributed by atoms with van der Waals surface area (Å²) in [6.07, 6.45) is 4.40. The minimum absolute atomic E-state index is 0.0153. The second kappa shape index (κ2) is 17.1. The summed E-state index contributed by atoms with van der Waals surface area (Å²) in [5.41, 5.74) is 0.458. The molecule has 3 heterocycles. The van der Waals surface area contributed by atoms with Gasteiger partial charge in [-0.05, 0) is 179 Å². The molecule has 3 N–H and O–H groups in total. The van der Waals surface area contributed by atoms with Crippen molar-refractivity contribution in [3.63, 3.8) is 0 Å². The van der Waals surface area contributed by atoms with Gasteiger partial charge in [-0.1, -0.05) is 27.7 Å². The topological polar surface area (TPSA) is 141 Å². The molecule has 64 heavy (non-hydrogen) atoms. The third-order valence-electron chi connectivity index (χ3n) is 15.0. The summed E-state index contributed by atoms with van der Waals surface area (Å²) in [7, 11) is 0. The highest BCUT2D eigenvalue weighted by Gasteiger charge is 2.48. The Hall–Kier alpha value is -3.80. The van der Waals surface area contributed by atoms with Crippen LogP contribution in [0, 0.1) is 34.5 Å². The van der Waals surface area contributed by atoms with E-state index in [1.807, 2.05) is 0 Å². The van der Waals surface area contributed by atoms with Gasteiger partial charge in [0.2, 0.25) is 0 Å². The van der Waals surface area contributed by atoms with Crippen LogP contribution >= 0.6 is 0 Å². The highest BCUT2D eigenvalue weighted by Crippen LogP contribution is 2.52. The Balaban J connectivity index is 1.35. The first-order chi connectivity index (χ1) is 29.2. The van der Waals surface area contributed by atoms with Gasteiger partial charge >= 0.3 is 23.9 Å². The number of ether oxygens (including phenoxy) is 4. The molecule has 1 saturated carbocycles. The fraction of sp³-hybridized carbons (Fsp3) is 0.698. The van der Waals surface area contributed by atoms with E-state index in [0.29, 0.717) is 11.1 Å². The molecule has 3 aliphatic heterocycles. The second-order valence-electron chi connectivity index (χ2n) is 25.1. The Morgan fingerprint density at radius 3 is 0.906 bits per heavy atom. The normalized spacial score (nSPS) is 27.4. The Morgan fingerprint density at radius 2 is 0.688 bits per heavy atom. The monoisotopic (exact) mass is 886 g/mol. The van der Waals surface area contributed by atoms with E-state index in [2.05, 4.69) is 127 Å². The molecule has 2 aromatic carbocycles. The Kier molecular flexibility index (Phi) is 13.3. The lowest BCUT2D eigenvalue weighted by Crippen LogP contribution is -2.45. The van der Waals surface area contributed by atoms with Crippen molar-refractivity contribution in [3.8, 4) is 11.1 Å². The van der Waals surface area contributed by atoms with Gasteiger partial charge in [0.25, 0.3) is 0 Å². The minimum atomic E-state index is -0.590. The zero-order chi connectivity index (χ0) is 47.6. The molecule has 3 saturated heterocycles. The molecule has 0 bridgehead atoms. The number of hydrogen-bond donors (Lipinski definition) is 3. The summed E-state index contributed by atoms with van der Waals surface area (Å²) < 4.78 is 24.1. The molecule has 0 amide bonds. The zero-order valence-electron chi connectivity index (χ0n) is 41.9. The van der Waals surface area contributed by atoms with Gasteiger partial charge in [0.15, 0.2) is 0 Å². The number of hydrogen-bond acceptors (Lipinski definition) is 11. The van der Waals surface area contributed by atoms with Gasteiger partial charge < -0.3 is 34.9 Å². The molecule has 2 aromatic rings. The molecule has 4 aliphatic rings. The van der Waals surface area contributed by atoms with Crippen LogP contribution in [-0.2, 0) is 18.9 Å². The summed E-state index contributed by atoms with van der Waals surface area (Å²) in [5, 5.41) is 10.9. The number of carbonyl (C=O) groups is 4. The maximum absolute atomic E-state index is 14.1. The molecule has 0 radical (unpaired) electrons. The van der Waals surface area contributed by atoms with Gasteiger partial charge in [0, 0.05) is 51.0 Å². The lowest BCUT2D eigenvalue weighted by Gasteiger charge is -2.28. The van der Waals surface area contributed by atoms with Crippen molar-refractivity contribution in [2.24, 2.45) is 34.5 Å². The molecule has 11 heteroatoms. The number of nitrogens with one attached hydrogen (secondary N) is 3. The van der Waals surface area contributed by atoms with Crippen LogP contribution in [0.5, 0.6) is 0 Å². The standard InChI is InChI=1S/C53H79N3O8/c1-46(2)23-38(47(3,4)31-46)27-61-42(57)34-17-32(18-35(21-34)43(58)62-28-39-24-48(5,6)54-51(39,11)12)33-19-36(44(59)63-29-40-25-49(7,8)55-52(40,13)14)22-37(20-33)45(60)64-30-41-26-50(9,10)56-53(41,15)16/h17-22,38-41,54-56H,23-31H2,1-16H3. The van der Waals surface area contributed by atoms with E-state index in [1.165, 1.54) is 12.1 Å². The lowest BCUT2D eigenvalue weighted by atomic mass is 9.81. The summed E-state index contributed by atoms with van der Waals surface area (Å²) in [6, 6.07) is 9.61. The van der Waals surface area contributed by atoms with Gasteiger partial charge in [-0.25, -0.2) is 19.2 Å². The van der Waals surface area contributed by atoms with Gasteiger partial charge in [0.05, 0.1) is 48.7 Å². The van der Waals surface area contributed by atoms with Crippen molar-refractivity contribution in [1.82, 2.24) is 16.0 Å². The van der Waals surface area contributed by atoms with Crippen LogP contribution in [-0.4, -0.2) is 83.5 Å².